The summed E-state index contributed by atoms with van der Waals surface area (Å²) in [6.07, 6.45) is 24.4. The Bertz CT molecular complexity index is 378. The van der Waals surface area contributed by atoms with Gasteiger partial charge in [-0.3, -0.25) is 0 Å². The van der Waals surface area contributed by atoms with Crippen LogP contribution in [-0.2, 0) is 0 Å². The molecule has 4 fully saturated rings. The highest BCUT2D eigenvalue weighted by Gasteiger charge is 2.42. The molecule has 4 rings (SSSR count). The number of quaternary nitrogens is 2. The van der Waals surface area contributed by atoms with Crippen LogP contribution in [0.25, 0.3) is 0 Å². The number of nitrogens with zero attached hydrogens (tertiary/aromatic N) is 2. The third-order valence-corrected chi connectivity index (χ3v) is 9.07. The predicted molar refractivity (Wildman–Crippen MR) is 115 cm³/mol. The second-order valence-electron chi connectivity index (χ2n) is 10.5. The van der Waals surface area contributed by atoms with Crippen LogP contribution in [0.2, 0.25) is 0 Å². The highest BCUT2D eigenvalue weighted by molar-refractivity contribution is 4.72. The Labute approximate surface area is 174 Å². The molecular weight excluding hydrogens is 348 g/mol. The zero-order valence-corrected chi connectivity index (χ0v) is 18.5. The van der Waals surface area contributed by atoms with E-state index in [2.05, 4.69) is 0 Å². The molecule has 0 atom stereocenters. The zero-order valence-electron chi connectivity index (χ0n) is 18.5. The van der Waals surface area contributed by atoms with Crippen LogP contribution < -0.4 is 0 Å². The maximum absolute atomic E-state index is 1.55. The van der Waals surface area contributed by atoms with Crippen molar-refractivity contribution in [3.05, 3.63) is 0 Å². The molecule has 0 bridgehead atoms. The van der Waals surface area contributed by atoms with Crippen LogP contribution >= 0.6 is 0 Å². The Kier molecular flexibility index (Phi) is 9.72. The van der Waals surface area contributed by atoms with Crippen LogP contribution in [0, 0.1) is 0 Å². The minimum absolute atomic E-state index is 0. The van der Waals surface area contributed by atoms with Crippen molar-refractivity contribution in [1.29, 1.82) is 0 Å². The van der Waals surface area contributed by atoms with E-state index in [1.54, 1.807) is 34.6 Å². The first kappa shape index (κ1) is 24.1. The monoisotopic (exact) mass is 396 g/mol. The van der Waals surface area contributed by atoms with Crippen molar-refractivity contribution in [2.75, 3.05) is 39.3 Å². The molecule has 2 aliphatic heterocycles. The smallest absolute Gasteiger partial charge is 0.0890 e. The van der Waals surface area contributed by atoms with Crippen molar-refractivity contribution in [3.63, 3.8) is 0 Å². The number of rotatable bonds is 7. The standard InChI is InChI=1S/C24H46N2.2H2O/c1-3-13-23(14-4-1)25(17-7-8-18-25)21-11-12-22-26(19-9-10-20-26)24-15-5-2-6-16-24;;/h23-24H,1-22H2;2*1H2/q+2;;/p-2. The van der Waals surface area contributed by atoms with Crippen LogP contribution in [0.1, 0.15) is 103 Å². The largest absolute Gasteiger partial charge is 0.870 e. The Morgan fingerprint density at radius 1 is 0.429 bits per heavy atom. The highest BCUT2D eigenvalue weighted by Crippen LogP contribution is 2.35. The summed E-state index contributed by atoms with van der Waals surface area (Å²) in [6.45, 7) is 9.13. The van der Waals surface area contributed by atoms with E-state index in [1.807, 2.05) is 0 Å². The topological polar surface area (TPSA) is 60.0 Å². The molecule has 0 aromatic rings. The van der Waals surface area contributed by atoms with Gasteiger partial charge in [-0.2, -0.15) is 0 Å². The number of likely N-dealkylation sites (tertiary alicyclic amines) is 2. The predicted octanol–water partition coefficient (Wildman–Crippen LogP) is 5.30. The number of unbranched alkanes of at least 4 members (excludes halogenated alkanes) is 1. The van der Waals surface area contributed by atoms with Crippen molar-refractivity contribution in [2.45, 2.75) is 115 Å². The molecule has 28 heavy (non-hydrogen) atoms. The fourth-order valence-electron chi connectivity index (χ4n) is 7.58. The van der Waals surface area contributed by atoms with Crippen molar-refractivity contribution >= 4 is 0 Å². The summed E-state index contributed by atoms with van der Waals surface area (Å²) in [5.74, 6) is 0. The lowest BCUT2D eigenvalue weighted by Gasteiger charge is -2.45. The second-order valence-corrected chi connectivity index (χ2v) is 10.5. The minimum atomic E-state index is 0. The lowest BCUT2D eigenvalue weighted by Crippen LogP contribution is -2.56. The quantitative estimate of drug-likeness (QED) is 0.433. The lowest BCUT2D eigenvalue weighted by atomic mass is 9.91. The third kappa shape index (κ3) is 5.30. The fourth-order valence-corrected chi connectivity index (χ4v) is 7.58. The first-order valence-electron chi connectivity index (χ1n) is 12.5. The van der Waals surface area contributed by atoms with Crippen molar-refractivity contribution in [3.8, 4) is 0 Å². The maximum atomic E-state index is 1.55. The van der Waals surface area contributed by atoms with Gasteiger partial charge in [0, 0.05) is 38.5 Å². The van der Waals surface area contributed by atoms with E-state index in [-0.39, 0.29) is 11.0 Å². The lowest BCUT2D eigenvalue weighted by molar-refractivity contribution is -0.947. The van der Waals surface area contributed by atoms with Crippen molar-refractivity contribution in [2.24, 2.45) is 0 Å². The van der Waals surface area contributed by atoms with E-state index >= 15 is 0 Å². The molecular formula is C24H48N2O2. The zero-order chi connectivity index (χ0) is 17.7. The average Bonchev–Trinajstić information content (AvgIpc) is 3.38. The van der Waals surface area contributed by atoms with Crippen molar-refractivity contribution in [1.82, 2.24) is 0 Å². The van der Waals surface area contributed by atoms with Crippen molar-refractivity contribution < 1.29 is 19.9 Å². The van der Waals surface area contributed by atoms with Crippen LogP contribution in [0.4, 0.5) is 0 Å². The summed E-state index contributed by atoms with van der Waals surface area (Å²) in [5.41, 5.74) is 0. The summed E-state index contributed by atoms with van der Waals surface area (Å²) in [5, 5.41) is 0. The molecule has 2 heterocycles. The van der Waals surface area contributed by atoms with Gasteiger partial charge in [0.25, 0.3) is 0 Å². The maximum Gasteiger partial charge on any atom is 0.0890 e. The van der Waals surface area contributed by atoms with E-state index in [0.717, 1.165) is 12.1 Å². The number of hydrogen-bond acceptors (Lipinski definition) is 2. The van der Waals surface area contributed by atoms with E-state index in [4.69, 9.17) is 0 Å². The van der Waals surface area contributed by atoms with Gasteiger partial charge in [0.2, 0.25) is 0 Å². The molecule has 4 aliphatic rings. The van der Waals surface area contributed by atoms with E-state index in [1.165, 1.54) is 116 Å². The Balaban J connectivity index is 0.00000140. The Morgan fingerprint density at radius 2 is 0.750 bits per heavy atom. The summed E-state index contributed by atoms with van der Waals surface area (Å²) in [7, 11) is 0. The van der Waals surface area contributed by atoms with Gasteiger partial charge < -0.3 is 19.9 Å². The SMILES string of the molecule is C1CCC([N+]2(CCCC[N+]3(C4CCCCC4)CCCC3)CCCC2)CC1.[OH-].[OH-]. The van der Waals surface area contributed by atoms with Crippen LogP contribution in [-0.4, -0.2) is 71.3 Å². The third-order valence-electron chi connectivity index (χ3n) is 9.07. The summed E-state index contributed by atoms with van der Waals surface area (Å²) in [6, 6.07) is 2.08. The Morgan fingerprint density at radius 3 is 1.07 bits per heavy atom. The van der Waals surface area contributed by atoms with Crippen LogP contribution in [0.5, 0.6) is 0 Å². The molecule has 0 aromatic heterocycles. The molecule has 0 spiro atoms. The van der Waals surface area contributed by atoms with Crippen LogP contribution in [0.3, 0.4) is 0 Å². The molecule has 2 saturated carbocycles. The first-order chi connectivity index (χ1) is 12.8. The highest BCUT2D eigenvalue weighted by atomic mass is 16.0. The van der Waals surface area contributed by atoms with Gasteiger partial charge in [0.15, 0.2) is 0 Å². The molecule has 0 amide bonds. The van der Waals surface area contributed by atoms with Gasteiger partial charge in [-0.25, -0.2) is 0 Å². The minimum Gasteiger partial charge on any atom is -0.870 e. The molecule has 0 aromatic carbocycles. The average molecular weight is 397 g/mol. The number of hydrogen-bond donors (Lipinski definition) is 0. The molecule has 0 radical (unpaired) electrons. The first-order valence-corrected chi connectivity index (χ1v) is 12.5. The molecule has 2 N–H and O–H groups in total. The second kappa shape index (κ2) is 11.3. The normalized spacial score (nSPS) is 27.9. The van der Waals surface area contributed by atoms with Gasteiger partial charge >= 0.3 is 0 Å². The van der Waals surface area contributed by atoms with E-state index in [0.29, 0.717) is 0 Å². The molecule has 2 aliphatic carbocycles. The van der Waals surface area contributed by atoms with Gasteiger partial charge in [-0.1, -0.05) is 12.8 Å². The molecule has 0 unspecified atom stereocenters. The van der Waals surface area contributed by atoms with Gasteiger partial charge in [-0.15, -0.1) is 0 Å². The van der Waals surface area contributed by atoms with E-state index in [9.17, 15) is 0 Å². The van der Waals surface area contributed by atoms with Gasteiger partial charge in [0.1, 0.15) is 0 Å². The molecule has 166 valence electrons. The summed E-state index contributed by atoms with van der Waals surface area (Å²) in [4.78, 5) is 0. The van der Waals surface area contributed by atoms with Crippen LogP contribution in [0.15, 0.2) is 0 Å². The molecule has 4 nitrogen and oxygen atoms in total. The van der Waals surface area contributed by atoms with Gasteiger partial charge in [0.05, 0.1) is 51.4 Å². The molecule has 4 heteroatoms. The fraction of sp³-hybridized carbons (Fsp3) is 1.00. The van der Waals surface area contributed by atoms with Gasteiger partial charge in [-0.05, 0) is 51.4 Å². The summed E-state index contributed by atoms with van der Waals surface area (Å²) >= 11 is 0. The Hall–Kier alpha value is -0.160. The molecule has 2 saturated heterocycles. The van der Waals surface area contributed by atoms with E-state index < -0.39 is 0 Å². The summed E-state index contributed by atoms with van der Waals surface area (Å²) < 4.78 is 3.09.